The quantitative estimate of drug-likeness (QED) is 0.862. The molecule has 1 aliphatic rings. The predicted molar refractivity (Wildman–Crippen MR) is 72.4 cm³/mol. The van der Waals surface area contributed by atoms with Crippen molar-refractivity contribution < 1.29 is 19.1 Å². The van der Waals surface area contributed by atoms with Crippen molar-refractivity contribution in [1.29, 1.82) is 0 Å². The van der Waals surface area contributed by atoms with Crippen LogP contribution in [0.2, 0.25) is 0 Å². The Morgan fingerprint density at radius 1 is 1.25 bits per heavy atom. The van der Waals surface area contributed by atoms with Crippen molar-refractivity contribution in [2.45, 2.75) is 25.3 Å². The molecule has 1 fully saturated rings. The van der Waals surface area contributed by atoms with Crippen molar-refractivity contribution in [3.8, 4) is 0 Å². The van der Waals surface area contributed by atoms with Gasteiger partial charge in [-0.05, 0) is 43.0 Å². The minimum Gasteiger partial charge on any atom is -0.480 e. The maximum atomic E-state index is 12.8. The number of rotatable bonds is 3. The number of carbonyl (C=O) groups excluding carboxylic acids is 1. The van der Waals surface area contributed by atoms with Gasteiger partial charge < -0.3 is 10.0 Å². The van der Waals surface area contributed by atoms with Gasteiger partial charge in [-0.25, -0.2) is 9.18 Å². The largest absolute Gasteiger partial charge is 0.480 e. The van der Waals surface area contributed by atoms with E-state index < -0.39 is 12.0 Å². The van der Waals surface area contributed by atoms with Crippen molar-refractivity contribution in [3.05, 3.63) is 41.7 Å². The summed E-state index contributed by atoms with van der Waals surface area (Å²) in [5.74, 6) is -1.62. The van der Waals surface area contributed by atoms with Gasteiger partial charge in [0.05, 0.1) is 0 Å². The number of hydrogen-bond donors (Lipinski definition) is 1. The monoisotopic (exact) mass is 277 g/mol. The number of likely N-dealkylation sites (tertiary alicyclic amines) is 1. The van der Waals surface area contributed by atoms with Crippen LogP contribution in [0.1, 0.15) is 24.8 Å². The van der Waals surface area contributed by atoms with Crippen LogP contribution in [0.4, 0.5) is 4.39 Å². The van der Waals surface area contributed by atoms with Crippen molar-refractivity contribution in [2.75, 3.05) is 6.54 Å². The first-order chi connectivity index (χ1) is 9.58. The lowest BCUT2D eigenvalue weighted by molar-refractivity contribution is -0.150. The number of carboxylic acid groups (broad SMARTS) is 1. The van der Waals surface area contributed by atoms with Crippen LogP contribution in [0.3, 0.4) is 0 Å². The molecular formula is C15H16FNO3. The van der Waals surface area contributed by atoms with Gasteiger partial charge in [-0.3, -0.25) is 4.79 Å². The molecule has 1 unspecified atom stereocenters. The Balaban J connectivity index is 2.06. The van der Waals surface area contributed by atoms with Gasteiger partial charge in [-0.2, -0.15) is 0 Å². The van der Waals surface area contributed by atoms with E-state index in [1.165, 1.54) is 23.1 Å². The van der Waals surface area contributed by atoms with E-state index in [0.29, 0.717) is 18.5 Å². The highest BCUT2D eigenvalue weighted by molar-refractivity contribution is 5.94. The zero-order chi connectivity index (χ0) is 14.5. The van der Waals surface area contributed by atoms with E-state index in [2.05, 4.69) is 0 Å². The Kier molecular flexibility index (Phi) is 4.50. The Labute approximate surface area is 116 Å². The fourth-order valence-corrected chi connectivity index (χ4v) is 2.29. The SMILES string of the molecule is O=C(O)C1CCCCN1C(=O)/C=C/c1ccc(F)cc1. The van der Waals surface area contributed by atoms with Crippen LogP contribution in [0, 0.1) is 5.82 Å². The molecule has 1 saturated heterocycles. The molecule has 0 radical (unpaired) electrons. The van der Waals surface area contributed by atoms with Gasteiger partial charge in [0.1, 0.15) is 11.9 Å². The zero-order valence-electron chi connectivity index (χ0n) is 11.0. The fraction of sp³-hybridized carbons (Fsp3) is 0.333. The summed E-state index contributed by atoms with van der Waals surface area (Å²) in [6.07, 6.45) is 5.04. The van der Waals surface area contributed by atoms with Crippen LogP contribution >= 0.6 is 0 Å². The zero-order valence-corrected chi connectivity index (χ0v) is 11.0. The van der Waals surface area contributed by atoms with E-state index in [1.807, 2.05) is 0 Å². The third-order valence-corrected chi connectivity index (χ3v) is 3.36. The van der Waals surface area contributed by atoms with Crippen LogP contribution in [0.5, 0.6) is 0 Å². The summed E-state index contributed by atoms with van der Waals surface area (Å²) in [5, 5.41) is 9.11. The van der Waals surface area contributed by atoms with Crippen LogP contribution in [0.15, 0.2) is 30.3 Å². The molecule has 1 amide bonds. The summed E-state index contributed by atoms with van der Waals surface area (Å²) in [6, 6.07) is 5.00. The molecule has 2 rings (SSSR count). The minimum atomic E-state index is -0.965. The smallest absolute Gasteiger partial charge is 0.326 e. The molecule has 1 atom stereocenters. The molecule has 106 valence electrons. The van der Waals surface area contributed by atoms with Crippen LogP contribution in [0.25, 0.3) is 6.08 Å². The summed E-state index contributed by atoms with van der Waals surface area (Å²) in [4.78, 5) is 24.6. The second-order valence-corrected chi connectivity index (χ2v) is 4.77. The molecule has 0 aliphatic carbocycles. The van der Waals surface area contributed by atoms with Crippen LogP contribution in [-0.4, -0.2) is 34.5 Å². The fourth-order valence-electron chi connectivity index (χ4n) is 2.29. The molecule has 20 heavy (non-hydrogen) atoms. The lowest BCUT2D eigenvalue weighted by Crippen LogP contribution is -2.47. The number of aliphatic carboxylic acids is 1. The lowest BCUT2D eigenvalue weighted by Gasteiger charge is -2.32. The molecule has 1 aromatic carbocycles. The predicted octanol–water partition coefficient (Wildman–Crippen LogP) is 2.30. The number of hydrogen-bond acceptors (Lipinski definition) is 2. The third-order valence-electron chi connectivity index (χ3n) is 3.36. The van der Waals surface area contributed by atoms with Gasteiger partial charge in [0, 0.05) is 12.6 Å². The van der Waals surface area contributed by atoms with Crippen LogP contribution in [-0.2, 0) is 9.59 Å². The first-order valence-electron chi connectivity index (χ1n) is 6.55. The highest BCUT2D eigenvalue weighted by Crippen LogP contribution is 2.18. The number of carbonyl (C=O) groups is 2. The molecule has 0 bridgehead atoms. The summed E-state index contributed by atoms with van der Waals surface area (Å²) in [5.41, 5.74) is 0.698. The molecule has 1 aliphatic heterocycles. The molecule has 0 saturated carbocycles. The number of halogens is 1. The van der Waals surface area contributed by atoms with E-state index in [-0.39, 0.29) is 11.7 Å². The Morgan fingerprint density at radius 3 is 2.60 bits per heavy atom. The average Bonchev–Trinajstić information content (AvgIpc) is 2.46. The Hall–Kier alpha value is -2.17. The van der Waals surface area contributed by atoms with E-state index in [4.69, 9.17) is 5.11 Å². The second-order valence-electron chi connectivity index (χ2n) is 4.77. The van der Waals surface area contributed by atoms with E-state index in [1.54, 1.807) is 18.2 Å². The van der Waals surface area contributed by atoms with Gasteiger partial charge in [0.2, 0.25) is 5.91 Å². The Morgan fingerprint density at radius 2 is 1.95 bits per heavy atom. The summed E-state index contributed by atoms with van der Waals surface area (Å²) < 4.78 is 12.8. The lowest BCUT2D eigenvalue weighted by atomic mass is 10.0. The summed E-state index contributed by atoms with van der Waals surface area (Å²) in [6.45, 7) is 0.462. The number of amides is 1. The molecule has 0 spiro atoms. The van der Waals surface area contributed by atoms with Crippen molar-refractivity contribution in [3.63, 3.8) is 0 Å². The molecule has 4 nitrogen and oxygen atoms in total. The molecular weight excluding hydrogens is 261 g/mol. The van der Waals surface area contributed by atoms with E-state index >= 15 is 0 Å². The van der Waals surface area contributed by atoms with Crippen molar-refractivity contribution >= 4 is 18.0 Å². The normalized spacial score (nSPS) is 19.2. The Bertz CT molecular complexity index is 524. The number of benzene rings is 1. The molecule has 1 aromatic rings. The molecule has 1 heterocycles. The van der Waals surface area contributed by atoms with E-state index in [9.17, 15) is 14.0 Å². The summed E-state index contributed by atoms with van der Waals surface area (Å²) in [7, 11) is 0. The standard InChI is InChI=1S/C15H16FNO3/c16-12-7-4-11(5-8-12)6-9-14(18)17-10-2-1-3-13(17)15(19)20/h4-9,13H,1-3,10H2,(H,19,20)/b9-6+. The maximum absolute atomic E-state index is 12.8. The molecule has 1 N–H and O–H groups in total. The number of carboxylic acids is 1. The number of piperidine rings is 1. The molecule has 0 aromatic heterocycles. The van der Waals surface area contributed by atoms with Gasteiger partial charge >= 0.3 is 5.97 Å². The van der Waals surface area contributed by atoms with Gasteiger partial charge in [0.15, 0.2) is 0 Å². The van der Waals surface area contributed by atoms with Crippen molar-refractivity contribution in [1.82, 2.24) is 4.90 Å². The van der Waals surface area contributed by atoms with Gasteiger partial charge in [0.25, 0.3) is 0 Å². The summed E-state index contributed by atoms with van der Waals surface area (Å²) >= 11 is 0. The first kappa shape index (κ1) is 14.2. The maximum Gasteiger partial charge on any atom is 0.326 e. The van der Waals surface area contributed by atoms with Gasteiger partial charge in [-0.15, -0.1) is 0 Å². The first-order valence-corrected chi connectivity index (χ1v) is 6.55. The average molecular weight is 277 g/mol. The number of nitrogens with zero attached hydrogens (tertiary/aromatic N) is 1. The second kappa shape index (κ2) is 6.32. The minimum absolute atomic E-state index is 0.318. The third kappa shape index (κ3) is 3.44. The van der Waals surface area contributed by atoms with Crippen LogP contribution < -0.4 is 0 Å². The molecule has 5 heteroatoms. The van der Waals surface area contributed by atoms with E-state index in [0.717, 1.165) is 12.8 Å². The highest BCUT2D eigenvalue weighted by Gasteiger charge is 2.30. The van der Waals surface area contributed by atoms with Gasteiger partial charge in [-0.1, -0.05) is 12.1 Å². The van der Waals surface area contributed by atoms with Crippen molar-refractivity contribution in [2.24, 2.45) is 0 Å². The highest BCUT2D eigenvalue weighted by atomic mass is 19.1. The topological polar surface area (TPSA) is 57.6 Å².